The zero-order valence-corrected chi connectivity index (χ0v) is 15.5. The minimum absolute atomic E-state index is 0.0386. The molecule has 1 saturated heterocycles. The molecule has 25 heavy (non-hydrogen) atoms. The zero-order chi connectivity index (χ0) is 19.0. The largest absolute Gasteiger partial charge is 0.452 e. The van der Waals surface area contributed by atoms with Crippen LogP contribution < -0.4 is 0 Å². The quantitative estimate of drug-likeness (QED) is 0.356. The van der Waals surface area contributed by atoms with Crippen LogP contribution in [0.1, 0.15) is 47.0 Å². The normalized spacial score (nSPS) is 24.4. The van der Waals surface area contributed by atoms with Gasteiger partial charge in [0.15, 0.2) is 6.10 Å². The summed E-state index contributed by atoms with van der Waals surface area (Å²) < 4.78 is 5.15. The molecule has 0 bridgehead atoms. The van der Waals surface area contributed by atoms with Gasteiger partial charge in [-0.15, -0.1) is 0 Å². The van der Waals surface area contributed by atoms with Crippen LogP contribution in [-0.4, -0.2) is 46.2 Å². The first kappa shape index (κ1) is 21.4. The fourth-order valence-corrected chi connectivity index (χ4v) is 2.56. The van der Waals surface area contributed by atoms with Crippen LogP contribution in [0, 0.1) is 0 Å². The first-order valence-corrected chi connectivity index (χ1v) is 8.61. The minimum Gasteiger partial charge on any atom is -0.452 e. The summed E-state index contributed by atoms with van der Waals surface area (Å²) in [4.78, 5) is 11.9. The Morgan fingerprint density at radius 1 is 1.24 bits per heavy atom. The highest BCUT2D eigenvalue weighted by Gasteiger charge is 2.37. The number of cyclic esters (lactones) is 1. The first-order valence-electron chi connectivity index (χ1n) is 8.61. The Bertz CT molecular complexity index is 579. The SMILES string of the molecule is CC(C)=CC1OC(=O)C(=CCC(O)C(C)=CCCC(C)=CCO)C1O. The maximum atomic E-state index is 11.9. The van der Waals surface area contributed by atoms with Crippen molar-refractivity contribution in [1.29, 1.82) is 0 Å². The molecule has 3 unspecified atom stereocenters. The van der Waals surface area contributed by atoms with Crippen LogP contribution in [0.25, 0.3) is 0 Å². The van der Waals surface area contributed by atoms with Crippen LogP contribution in [0.15, 0.2) is 46.6 Å². The van der Waals surface area contributed by atoms with Crippen molar-refractivity contribution in [3.8, 4) is 0 Å². The van der Waals surface area contributed by atoms with E-state index in [-0.39, 0.29) is 18.6 Å². The van der Waals surface area contributed by atoms with Crippen molar-refractivity contribution >= 4 is 5.97 Å². The Morgan fingerprint density at radius 2 is 1.92 bits per heavy atom. The molecular weight excluding hydrogens is 320 g/mol. The van der Waals surface area contributed by atoms with Gasteiger partial charge >= 0.3 is 5.97 Å². The maximum Gasteiger partial charge on any atom is 0.337 e. The fourth-order valence-electron chi connectivity index (χ4n) is 2.56. The lowest BCUT2D eigenvalue weighted by atomic mass is 10.0. The van der Waals surface area contributed by atoms with Crippen LogP contribution in [-0.2, 0) is 9.53 Å². The average molecular weight is 350 g/mol. The third-order valence-electron chi connectivity index (χ3n) is 4.14. The molecule has 0 saturated carbocycles. The molecule has 5 heteroatoms. The molecule has 1 aliphatic heterocycles. The Kier molecular flexibility index (Phi) is 8.83. The van der Waals surface area contributed by atoms with E-state index in [1.165, 1.54) is 0 Å². The van der Waals surface area contributed by atoms with Gasteiger partial charge in [-0.1, -0.05) is 29.4 Å². The van der Waals surface area contributed by atoms with Crippen molar-refractivity contribution in [2.45, 2.75) is 65.3 Å². The van der Waals surface area contributed by atoms with E-state index in [0.717, 1.165) is 29.6 Å². The van der Waals surface area contributed by atoms with Crippen molar-refractivity contribution in [3.63, 3.8) is 0 Å². The Labute approximate surface area is 150 Å². The van der Waals surface area contributed by atoms with Gasteiger partial charge in [-0.3, -0.25) is 0 Å². The molecule has 0 spiro atoms. The van der Waals surface area contributed by atoms with E-state index in [4.69, 9.17) is 9.84 Å². The number of aliphatic hydroxyl groups is 3. The van der Waals surface area contributed by atoms with Crippen molar-refractivity contribution in [2.24, 2.45) is 0 Å². The van der Waals surface area contributed by atoms with Crippen molar-refractivity contribution in [3.05, 3.63) is 46.6 Å². The third kappa shape index (κ3) is 6.98. The first-order chi connectivity index (χ1) is 11.8. The van der Waals surface area contributed by atoms with Crippen molar-refractivity contribution in [2.75, 3.05) is 6.61 Å². The Hall–Kier alpha value is -1.69. The van der Waals surface area contributed by atoms with Crippen molar-refractivity contribution < 1.29 is 24.9 Å². The van der Waals surface area contributed by atoms with Gasteiger partial charge in [0, 0.05) is 0 Å². The van der Waals surface area contributed by atoms with Gasteiger partial charge < -0.3 is 20.1 Å². The molecule has 1 heterocycles. The second-order valence-corrected chi connectivity index (χ2v) is 6.69. The smallest absolute Gasteiger partial charge is 0.337 e. The van der Waals surface area contributed by atoms with E-state index in [9.17, 15) is 15.0 Å². The number of hydrogen-bond acceptors (Lipinski definition) is 5. The molecule has 0 aromatic heterocycles. The summed E-state index contributed by atoms with van der Waals surface area (Å²) in [6.07, 6.45) is 6.47. The summed E-state index contributed by atoms with van der Waals surface area (Å²) in [7, 11) is 0. The van der Waals surface area contributed by atoms with E-state index in [2.05, 4.69) is 0 Å². The standard InChI is InChI=1S/C20H30O5/c1-13(2)12-18-19(23)16(20(24)25-18)8-9-17(22)15(4)7-5-6-14(3)10-11-21/h7-8,10,12,17-19,21-23H,5-6,9,11H2,1-4H3. The molecule has 0 amide bonds. The summed E-state index contributed by atoms with van der Waals surface area (Å²) in [6.45, 7) is 7.58. The minimum atomic E-state index is -0.995. The maximum absolute atomic E-state index is 11.9. The van der Waals surface area contributed by atoms with Gasteiger partial charge in [0.05, 0.1) is 18.3 Å². The number of carbonyl (C=O) groups is 1. The lowest BCUT2D eigenvalue weighted by Gasteiger charge is -2.11. The van der Waals surface area contributed by atoms with E-state index in [0.29, 0.717) is 0 Å². The number of carbonyl (C=O) groups excluding carboxylic acids is 1. The molecule has 3 N–H and O–H groups in total. The predicted octanol–water partition coefficient (Wildman–Crippen LogP) is 2.58. The molecule has 0 aliphatic carbocycles. The summed E-state index contributed by atoms with van der Waals surface area (Å²) in [5.74, 6) is -0.534. The second-order valence-electron chi connectivity index (χ2n) is 6.69. The second kappa shape index (κ2) is 10.3. The average Bonchev–Trinajstić information content (AvgIpc) is 2.78. The molecule has 0 radical (unpaired) electrons. The highest BCUT2D eigenvalue weighted by Crippen LogP contribution is 2.24. The summed E-state index contributed by atoms with van der Waals surface area (Å²) in [5, 5.41) is 29.2. The van der Waals surface area contributed by atoms with Crippen LogP contribution in [0.4, 0.5) is 0 Å². The van der Waals surface area contributed by atoms with E-state index < -0.39 is 24.3 Å². The van der Waals surface area contributed by atoms with Crippen LogP contribution in [0.3, 0.4) is 0 Å². The van der Waals surface area contributed by atoms with Crippen LogP contribution in [0.5, 0.6) is 0 Å². The van der Waals surface area contributed by atoms with E-state index in [1.54, 1.807) is 18.2 Å². The number of ether oxygens (including phenoxy) is 1. The van der Waals surface area contributed by atoms with Crippen LogP contribution in [0.2, 0.25) is 0 Å². The lowest BCUT2D eigenvalue weighted by molar-refractivity contribution is -0.137. The van der Waals surface area contributed by atoms with Crippen LogP contribution >= 0.6 is 0 Å². The molecular formula is C20H30O5. The molecule has 1 rings (SSSR count). The monoisotopic (exact) mass is 350 g/mol. The number of aliphatic hydroxyl groups excluding tert-OH is 3. The third-order valence-corrected chi connectivity index (χ3v) is 4.14. The Balaban J connectivity index is 2.63. The molecule has 1 aliphatic rings. The molecule has 3 atom stereocenters. The van der Waals surface area contributed by atoms with Gasteiger partial charge in [-0.05, 0) is 58.6 Å². The molecule has 0 aromatic rings. The molecule has 5 nitrogen and oxygen atoms in total. The lowest BCUT2D eigenvalue weighted by Crippen LogP contribution is -2.20. The zero-order valence-electron chi connectivity index (χ0n) is 15.5. The van der Waals surface area contributed by atoms with Gasteiger partial charge in [-0.2, -0.15) is 0 Å². The van der Waals surface area contributed by atoms with Crippen molar-refractivity contribution in [1.82, 2.24) is 0 Å². The van der Waals surface area contributed by atoms with E-state index >= 15 is 0 Å². The molecule has 1 fully saturated rings. The fraction of sp³-hybridized carbons (Fsp3) is 0.550. The summed E-state index contributed by atoms with van der Waals surface area (Å²) >= 11 is 0. The van der Waals surface area contributed by atoms with Gasteiger partial charge in [0.25, 0.3) is 0 Å². The number of rotatable bonds is 8. The highest BCUT2D eigenvalue weighted by molar-refractivity contribution is 5.92. The molecule has 140 valence electrons. The number of allylic oxidation sites excluding steroid dienone is 3. The van der Waals surface area contributed by atoms with Gasteiger partial charge in [0.2, 0.25) is 0 Å². The van der Waals surface area contributed by atoms with Gasteiger partial charge in [0.1, 0.15) is 6.10 Å². The topological polar surface area (TPSA) is 87.0 Å². The summed E-state index contributed by atoms with van der Waals surface area (Å²) in [5.41, 5.74) is 3.08. The predicted molar refractivity (Wildman–Crippen MR) is 97.9 cm³/mol. The Morgan fingerprint density at radius 3 is 2.52 bits per heavy atom. The van der Waals surface area contributed by atoms with Gasteiger partial charge in [-0.25, -0.2) is 4.79 Å². The highest BCUT2D eigenvalue weighted by atomic mass is 16.6. The molecule has 0 aromatic carbocycles. The van der Waals surface area contributed by atoms with E-state index in [1.807, 2.05) is 33.8 Å². The number of esters is 1. The number of hydrogen-bond donors (Lipinski definition) is 3. The summed E-state index contributed by atoms with van der Waals surface area (Å²) in [6, 6.07) is 0.